The Morgan fingerprint density at radius 2 is 2.12 bits per heavy atom. The number of nitrogens with zero attached hydrogens (tertiary/aromatic N) is 3. The first-order valence-electron chi connectivity index (χ1n) is 4.69. The molecule has 16 heavy (non-hydrogen) atoms. The van der Waals surface area contributed by atoms with E-state index in [1.54, 1.807) is 18.3 Å². The summed E-state index contributed by atoms with van der Waals surface area (Å²) in [5.74, 6) is -0.219. The SMILES string of the molecule is Cc1ccc(C(=O)Nc2nnc(C)s2)cn1. The zero-order valence-electron chi connectivity index (χ0n) is 8.89. The third-order valence-corrected chi connectivity index (χ3v) is 2.67. The zero-order valence-corrected chi connectivity index (χ0v) is 9.71. The van der Waals surface area contributed by atoms with E-state index in [0.717, 1.165) is 10.7 Å². The van der Waals surface area contributed by atoms with Crippen molar-refractivity contribution < 1.29 is 4.79 Å². The molecule has 0 unspecified atom stereocenters. The summed E-state index contributed by atoms with van der Waals surface area (Å²) in [6, 6.07) is 3.52. The van der Waals surface area contributed by atoms with Gasteiger partial charge in [-0.05, 0) is 26.0 Å². The van der Waals surface area contributed by atoms with Crippen molar-refractivity contribution in [2.24, 2.45) is 0 Å². The minimum absolute atomic E-state index is 0.219. The van der Waals surface area contributed by atoms with Crippen LogP contribution in [0.2, 0.25) is 0 Å². The average Bonchev–Trinajstić information content (AvgIpc) is 2.65. The van der Waals surface area contributed by atoms with Gasteiger partial charge in [-0.2, -0.15) is 0 Å². The summed E-state index contributed by atoms with van der Waals surface area (Å²) in [6.45, 7) is 3.70. The van der Waals surface area contributed by atoms with Crippen molar-refractivity contribution in [1.29, 1.82) is 0 Å². The van der Waals surface area contributed by atoms with Crippen molar-refractivity contribution in [2.75, 3.05) is 5.32 Å². The van der Waals surface area contributed by atoms with E-state index in [1.807, 2.05) is 13.8 Å². The minimum Gasteiger partial charge on any atom is -0.296 e. The summed E-state index contributed by atoms with van der Waals surface area (Å²) < 4.78 is 0. The van der Waals surface area contributed by atoms with Crippen LogP contribution in [0.15, 0.2) is 18.3 Å². The number of carbonyl (C=O) groups is 1. The van der Waals surface area contributed by atoms with E-state index in [1.165, 1.54) is 11.3 Å². The second-order valence-electron chi connectivity index (χ2n) is 3.27. The normalized spacial score (nSPS) is 10.1. The number of aromatic nitrogens is 3. The Morgan fingerprint density at radius 1 is 1.31 bits per heavy atom. The van der Waals surface area contributed by atoms with Gasteiger partial charge in [-0.25, -0.2) is 0 Å². The maximum Gasteiger partial charge on any atom is 0.259 e. The van der Waals surface area contributed by atoms with Crippen molar-refractivity contribution in [3.63, 3.8) is 0 Å². The number of hydrogen-bond acceptors (Lipinski definition) is 5. The topological polar surface area (TPSA) is 67.8 Å². The molecular weight excluding hydrogens is 224 g/mol. The third kappa shape index (κ3) is 2.40. The maximum atomic E-state index is 11.7. The number of amides is 1. The first kappa shape index (κ1) is 10.7. The lowest BCUT2D eigenvalue weighted by molar-refractivity contribution is 0.102. The summed E-state index contributed by atoms with van der Waals surface area (Å²) in [4.78, 5) is 15.8. The number of aryl methyl sites for hydroxylation is 2. The van der Waals surface area contributed by atoms with E-state index >= 15 is 0 Å². The van der Waals surface area contributed by atoms with Gasteiger partial charge in [0, 0.05) is 11.9 Å². The van der Waals surface area contributed by atoms with Crippen molar-refractivity contribution in [3.8, 4) is 0 Å². The fourth-order valence-electron chi connectivity index (χ4n) is 1.12. The second kappa shape index (κ2) is 4.36. The molecule has 1 amide bonds. The average molecular weight is 234 g/mol. The van der Waals surface area contributed by atoms with E-state index in [4.69, 9.17) is 0 Å². The van der Waals surface area contributed by atoms with Crippen LogP contribution < -0.4 is 5.32 Å². The molecule has 0 saturated heterocycles. The van der Waals surface area contributed by atoms with E-state index in [2.05, 4.69) is 20.5 Å². The van der Waals surface area contributed by atoms with Crippen molar-refractivity contribution in [2.45, 2.75) is 13.8 Å². The number of carbonyl (C=O) groups excluding carboxylic acids is 1. The molecule has 2 rings (SSSR count). The Balaban J connectivity index is 2.11. The van der Waals surface area contributed by atoms with Gasteiger partial charge in [0.05, 0.1) is 5.56 Å². The standard InChI is InChI=1S/C10H10N4OS/c1-6-3-4-8(5-11-6)9(15)12-10-14-13-7(2)16-10/h3-5H,1-2H3,(H,12,14,15). The molecular formula is C10H10N4OS. The van der Waals surface area contributed by atoms with E-state index in [-0.39, 0.29) is 5.91 Å². The molecule has 0 radical (unpaired) electrons. The van der Waals surface area contributed by atoms with Crippen LogP contribution in [0.5, 0.6) is 0 Å². The molecule has 0 spiro atoms. The fraction of sp³-hybridized carbons (Fsp3) is 0.200. The summed E-state index contributed by atoms with van der Waals surface area (Å²) in [5.41, 5.74) is 1.39. The van der Waals surface area contributed by atoms with Crippen LogP contribution in [-0.4, -0.2) is 21.1 Å². The molecule has 0 aliphatic rings. The van der Waals surface area contributed by atoms with Gasteiger partial charge in [0.25, 0.3) is 5.91 Å². The predicted octanol–water partition coefficient (Wildman–Crippen LogP) is 1.80. The molecule has 0 bridgehead atoms. The molecule has 2 aromatic rings. The summed E-state index contributed by atoms with van der Waals surface area (Å²) >= 11 is 1.34. The van der Waals surface area contributed by atoms with E-state index < -0.39 is 0 Å². The highest BCUT2D eigenvalue weighted by Gasteiger charge is 2.08. The van der Waals surface area contributed by atoms with Crippen LogP contribution in [0.1, 0.15) is 21.1 Å². The molecule has 0 aromatic carbocycles. The van der Waals surface area contributed by atoms with Gasteiger partial charge >= 0.3 is 0 Å². The molecule has 5 nitrogen and oxygen atoms in total. The highest BCUT2D eigenvalue weighted by molar-refractivity contribution is 7.15. The molecule has 0 saturated carbocycles. The molecule has 2 aromatic heterocycles. The van der Waals surface area contributed by atoms with Crippen LogP contribution in [-0.2, 0) is 0 Å². The van der Waals surface area contributed by atoms with E-state index in [9.17, 15) is 4.79 Å². The first-order chi connectivity index (χ1) is 7.65. The fourth-order valence-corrected chi connectivity index (χ4v) is 1.71. The zero-order chi connectivity index (χ0) is 11.5. The Hall–Kier alpha value is -1.82. The van der Waals surface area contributed by atoms with Crippen molar-refractivity contribution >= 4 is 22.4 Å². The number of anilines is 1. The Kier molecular flexibility index (Phi) is 2.91. The molecule has 1 N–H and O–H groups in total. The number of hydrogen-bond donors (Lipinski definition) is 1. The molecule has 82 valence electrons. The quantitative estimate of drug-likeness (QED) is 0.860. The Labute approximate surface area is 96.6 Å². The van der Waals surface area contributed by atoms with Gasteiger partial charge in [0.15, 0.2) is 0 Å². The van der Waals surface area contributed by atoms with Crippen LogP contribution in [0.3, 0.4) is 0 Å². The summed E-state index contributed by atoms with van der Waals surface area (Å²) in [7, 11) is 0. The third-order valence-electron chi connectivity index (χ3n) is 1.92. The maximum absolute atomic E-state index is 11.7. The van der Waals surface area contributed by atoms with Gasteiger partial charge in [-0.3, -0.25) is 15.1 Å². The number of rotatable bonds is 2. The lowest BCUT2D eigenvalue weighted by atomic mass is 10.2. The summed E-state index contributed by atoms with van der Waals surface area (Å²) in [6.07, 6.45) is 1.54. The molecule has 0 aliphatic heterocycles. The lowest BCUT2D eigenvalue weighted by Gasteiger charge is -2.00. The summed E-state index contributed by atoms with van der Waals surface area (Å²) in [5, 5.41) is 11.6. The van der Waals surface area contributed by atoms with Crippen LogP contribution in [0, 0.1) is 13.8 Å². The molecule has 2 heterocycles. The number of nitrogens with one attached hydrogen (secondary N) is 1. The van der Waals surface area contributed by atoms with Gasteiger partial charge < -0.3 is 0 Å². The van der Waals surface area contributed by atoms with Gasteiger partial charge in [-0.15, -0.1) is 10.2 Å². The smallest absolute Gasteiger partial charge is 0.259 e. The molecule has 0 fully saturated rings. The molecule has 0 aliphatic carbocycles. The van der Waals surface area contributed by atoms with Crippen molar-refractivity contribution in [3.05, 3.63) is 34.6 Å². The molecule has 6 heteroatoms. The van der Waals surface area contributed by atoms with Crippen LogP contribution in [0.25, 0.3) is 0 Å². The highest BCUT2D eigenvalue weighted by Crippen LogP contribution is 2.14. The van der Waals surface area contributed by atoms with Crippen molar-refractivity contribution in [1.82, 2.24) is 15.2 Å². The van der Waals surface area contributed by atoms with Gasteiger partial charge in [0.1, 0.15) is 5.01 Å². The Morgan fingerprint density at radius 3 is 2.69 bits per heavy atom. The van der Waals surface area contributed by atoms with Gasteiger partial charge in [-0.1, -0.05) is 11.3 Å². The lowest BCUT2D eigenvalue weighted by Crippen LogP contribution is -2.12. The number of pyridine rings is 1. The second-order valence-corrected chi connectivity index (χ2v) is 4.45. The van der Waals surface area contributed by atoms with Gasteiger partial charge in [0.2, 0.25) is 5.13 Å². The highest BCUT2D eigenvalue weighted by atomic mass is 32.1. The predicted molar refractivity (Wildman–Crippen MR) is 61.6 cm³/mol. The monoisotopic (exact) mass is 234 g/mol. The minimum atomic E-state index is -0.219. The van der Waals surface area contributed by atoms with E-state index in [0.29, 0.717) is 10.7 Å². The van der Waals surface area contributed by atoms with Crippen LogP contribution in [0.4, 0.5) is 5.13 Å². The Bertz CT molecular complexity index is 506. The molecule has 0 atom stereocenters. The van der Waals surface area contributed by atoms with Crippen LogP contribution >= 0.6 is 11.3 Å². The largest absolute Gasteiger partial charge is 0.296 e. The first-order valence-corrected chi connectivity index (χ1v) is 5.51.